The molecule has 1 atom stereocenters. The number of nitrogens with one attached hydrogen (secondary N) is 1. The van der Waals surface area contributed by atoms with Crippen LogP contribution in [0.25, 0.3) is 0 Å². The van der Waals surface area contributed by atoms with E-state index in [1.54, 1.807) is 0 Å². The first-order chi connectivity index (χ1) is 7.15. The summed E-state index contributed by atoms with van der Waals surface area (Å²) in [4.78, 5) is 11.4. The Morgan fingerprint density at radius 3 is 2.80 bits per heavy atom. The van der Waals surface area contributed by atoms with Gasteiger partial charge in [-0.3, -0.25) is 4.79 Å². The lowest BCUT2D eigenvalue weighted by molar-refractivity contribution is -0.119. The third-order valence-electron chi connectivity index (χ3n) is 2.02. The maximum Gasteiger partial charge on any atom is 0.230 e. The fourth-order valence-corrected chi connectivity index (χ4v) is 2.29. The molecular formula is C11H14BrNOS. The molecule has 1 rings (SSSR count). The van der Waals surface area contributed by atoms with Gasteiger partial charge in [-0.05, 0) is 24.8 Å². The predicted molar refractivity (Wildman–Crippen MR) is 69.1 cm³/mol. The Hall–Kier alpha value is -0.480. The van der Waals surface area contributed by atoms with E-state index in [-0.39, 0.29) is 11.9 Å². The molecule has 0 radical (unpaired) electrons. The van der Waals surface area contributed by atoms with Crippen molar-refractivity contribution in [3.63, 3.8) is 0 Å². The van der Waals surface area contributed by atoms with Crippen molar-refractivity contribution in [2.75, 3.05) is 12.0 Å². The Morgan fingerprint density at radius 1 is 1.53 bits per heavy atom. The topological polar surface area (TPSA) is 29.1 Å². The van der Waals surface area contributed by atoms with Crippen LogP contribution < -0.4 is 5.32 Å². The average Bonchev–Trinajstić information content (AvgIpc) is 2.18. The second-order valence-electron chi connectivity index (χ2n) is 3.24. The van der Waals surface area contributed by atoms with Crippen molar-refractivity contribution in [2.24, 2.45) is 0 Å². The Morgan fingerprint density at radius 2 is 2.20 bits per heavy atom. The number of hydrogen-bond donors (Lipinski definition) is 1. The van der Waals surface area contributed by atoms with Gasteiger partial charge in [0.1, 0.15) is 0 Å². The van der Waals surface area contributed by atoms with E-state index in [9.17, 15) is 4.79 Å². The van der Waals surface area contributed by atoms with E-state index in [4.69, 9.17) is 0 Å². The fourth-order valence-electron chi connectivity index (χ4n) is 1.32. The molecule has 0 saturated heterocycles. The van der Waals surface area contributed by atoms with Crippen molar-refractivity contribution in [3.8, 4) is 0 Å². The first-order valence-corrected chi connectivity index (χ1v) is 6.86. The summed E-state index contributed by atoms with van der Waals surface area (Å²) in [6, 6.07) is 7.96. The smallest absolute Gasteiger partial charge is 0.230 e. The minimum absolute atomic E-state index is 0.0419. The fraction of sp³-hybridized carbons (Fsp3) is 0.364. The molecule has 82 valence electrons. The van der Waals surface area contributed by atoms with Gasteiger partial charge in [-0.25, -0.2) is 0 Å². The van der Waals surface area contributed by atoms with Crippen molar-refractivity contribution >= 4 is 33.6 Å². The van der Waals surface area contributed by atoms with Crippen LogP contribution in [0.4, 0.5) is 0 Å². The van der Waals surface area contributed by atoms with E-state index >= 15 is 0 Å². The third kappa shape index (κ3) is 3.87. The Kier molecular flexibility index (Phi) is 5.19. The van der Waals surface area contributed by atoms with E-state index in [2.05, 4.69) is 21.2 Å². The summed E-state index contributed by atoms with van der Waals surface area (Å²) in [5.41, 5.74) is 1.10. The number of benzene rings is 1. The molecule has 15 heavy (non-hydrogen) atoms. The van der Waals surface area contributed by atoms with Crippen LogP contribution in [0.1, 0.15) is 18.5 Å². The largest absolute Gasteiger partial charge is 0.349 e. The Balaban J connectivity index is 2.65. The number of rotatable bonds is 4. The van der Waals surface area contributed by atoms with Gasteiger partial charge in [-0.2, -0.15) is 11.8 Å². The first kappa shape index (κ1) is 12.6. The molecule has 1 unspecified atom stereocenters. The van der Waals surface area contributed by atoms with Crippen molar-refractivity contribution in [1.29, 1.82) is 0 Å². The first-order valence-electron chi connectivity index (χ1n) is 4.68. The van der Waals surface area contributed by atoms with E-state index in [0.717, 1.165) is 10.0 Å². The molecular weight excluding hydrogens is 274 g/mol. The number of amides is 1. The number of halogens is 1. The minimum Gasteiger partial charge on any atom is -0.349 e. The lowest BCUT2D eigenvalue weighted by Gasteiger charge is -2.15. The summed E-state index contributed by atoms with van der Waals surface area (Å²) in [5.74, 6) is 0.583. The number of hydrogen-bond acceptors (Lipinski definition) is 2. The van der Waals surface area contributed by atoms with Crippen molar-refractivity contribution in [1.82, 2.24) is 5.32 Å². The summed E-state index contributed by atoms with van der Waals surface area (Å²) >= 11 is 5.00. The van der Waals surface area contributed by atoms with Crippen LogP contribution in [0.5, 0.6) is 0 Å². The number of carbonyl (C=O) groups is 1. The molecule has 1 aromatic carbocycles. The molecule has 0 bridgehead atoms. The van der Waals surface area contributed by atoms with E-state index in [1.165, 1.54) is 11.8 Å². The van der Waals surface area contributed by atoms with Gasteiger partial charge in [0.25, 0.3) is 0 Å². The molecule has 0 saturated carbocycles. The highest BCUT2D eigenvalue weighted by molar-refractivity contribution is 9.10. The van der Waals surface area contributed by atoms with Crippen LogP contribution in [0.3, 0.4) is 0 Å². The zero-order valence-corrected chi connectivity index (χ0v) is 11.2. The summed E-state index contributed by atoms with van der Waals surface area (Å²) < 4.78 is 1.03. The standard InChI is InChI=1S/C11H14BrNOS/c1-8(13-11(14)7-15-2)9-5-3-4-6-10(9)12/h3-6,8H,7H2,1-2H3,(H,13,14). The predicted octanol–water partition coefficient (Wildman–Crippen LogP) is 2.99. The third-order valence-corrected chi connectivity index (χ3v) is 3.30. The highest BCUT2D eigenvalue weighted by Gasteiger charge is 2.10. The molecule has 4 heteroatoms. The molecule has 1 aromatic rings. The average molecular weight is 288 g/mol. The van der Waals surface area contributed by atoms with Gasteiger partial charge < -0.3 is 5.32 Å². The minimum atomic E-state index is 0.0419. The number of carbonyl (C=O) groups excluding carboxylic acids is 1. The van der Waals surface area contributed by atoms with Gasteiger partial charge in [0.15, 0.2) is 0 Å². The van der Waals surface area contributed by atoms with Gasteiger partial charge in [0.05, 0.1) is 11.8 Å². The van der Waals surface area contributed by atoms with Crippen LogP contribution in [-0.4, -0.2) is 17.9 Å². The van der Waals surface area contributed by atoms with Crippen molar-refractivity contribution in [3.05, 3.63) is 34.3 Å². The molecule has 0 heterocycles. The molecule has 0 aliphatic rings. The highest BCUT2D eigenvalue weighted by Crippen LogP contribution is 2.22. The Labute approximate surface area is 103 Å². The van der Waals surface area contributed by atoms with Gasteiger partial charge in [0.2, 0.25) is 5.91 Å². The van der Waals surface area contributed by atoms with Crippen molar-refractivity contribution < 1.29 is 4.79 Å². The maximum absolute atomic E-state index is 11.4. The quantitative estimate of drug-likeness (QED) is 0.923. The summed E-state index contributed by atoms with van der Waals surface area (Å²) in [5, 5.41) is 2.95. The maximum atomic E-state index is 11.4. The van der Waals surface area contributed by atoms with Crippen LogP contribution in [-0.2, 0) is 4.79 Å². The summed E-state index contributed by atoms with van der Waals surface area (Å²) in [7, 11) is 0. The normalized spacial score (nSPS) is 12.2. The second-order valence-corrected chi connectivity index (χ2v) is 4.96. The molecule has 0 fully saturated rings. The van der Waals surface area contributed by atoms with Crippen LogP contribution in [0, 0.1) is 0 Å². The molecule has 1 amide bonds. The molecule has 0 aliphatic carbocycles. The molecule has 0 aromatic heterocycles. The van der Waals surface area contributed by atoms with Gasteiger partial charge in [-0.1, -0.05) is 34.1 Å². The lowest BCUT2D eigenvalue weighted by atomic mass is 10.1. The van der Waals surface area contributed by atoms with E-state index < -0.39 is 0 Å². The van der Waals surface area contributed by atoms with Crippen LogP contribution in [0.15, 0.2) is 28.7 Å². The molecule has 2 nitrogen and oxygen atoms in total. The van der Waals surface area contributed by atoms with Gasteiger partial charge in [0, 0.05) is 4.47 Å². The summed E-state index contributed by atoms with van der Waals surface area (Å²) in [6.07, 6.45) is 1.92. The molecule has 1 N–H and O–H groups in total. The number of thioether (sulfide) groups is 1. The highest BCUT2D eigenvalue weighted by atomic mass is 79.9. The second kappa shape index (κ2) is 6.18. The molecule has 0 aliphatic heterocycles. The van der Waals surface area contributed by atoms with Crippen LogP contribution in [0.2, 0.25) is 0 Å². The van der Waals surface area contributed by atoms with Crippen LogP contribution >= 0.6 is 27.7 Å². The Bertz CT molecular complexity index is 343. The molecule has 0 spiro atoms. The SMILES string of the molecule is CSCC(=O)NC(C)c1ccccc1Br. The zero-order chi connectivity index (χ0) is 11.3. The van der Waals surface area contributed by atoms with Gasteiger partial charge in [-0.15, -0.1) is 0 Å². The van der Waals surface area contributed by atoms with Crippen molar-refractivity contribution in [2.45, 2.75) is 13.0 Å². The van der Waals surface area contributed by atoms with E-state index in [0.29, 0.717) is 5.75 Å². The monoisotopic (exact) mass is 287 g/mol. The lowest BCUT2D eigenvalue weighted by Crippen LogP contribution is -2.28. The van der Waals surface area contributed by atoms with E-state index in [1.807, 2.05) is 37.4 Å². The van der Waals surface area contributed by atoms with Gasteiger partial charge >= 0.3 is 0 Å². The summed E-state index contributed by atoms with van der Waals surface area (Å²) in [6.45, 7) is 1.98. The zero-order valence-electron chi connectivity index (χ0n) is 8.79.